The molecule has 0 unspecified atom stereocenters. The summed E-state index contributed by atoms with van der Waals surface area (Å²) in [5.74, 6) is 1.72. The smallest absolute Gasteiger partial charge is 0.131 e. The highest BCUT2D eigenvalue weighted by Gasteiger charge is 2.23. The second-order valence-corrected chi connectivity index (χ2v) is 6.42. The molecule has 0 fully saturated rings. The molecule has 0 saturated heterocycles. The summed E-state index contributed by atoms with van der Waals surface area (Å²) >= 11 is 0. The van der Waals surface area contributed by atoms with Crippen molar-refractivity contribution < 1.29 is 0 Å². The molecule has 0 aliphatic heterocycles. The van der Waals surface area contributed by atoms with Gasteiger partial charge in [-0.25, -0.2) is 4.98 Å². The van der Waals surface area contributed by atoms with Crippen LogP contribution in [0.3, 0.4) is 0 Å². The van der Waals surface area contributed by atoms with Gasteiger partial charge in [-0.1, -0.05) is 32.9 Å². The first kappa shape index (κ1) is 14.4. The van der Waals surface area contributed by atoms with Gasteiger partial charge in [0.1, 0.15) is 17.3 Å². The van der Waals surface area contributed by atoms with Crippen LogP contribution < -0.4 is 10.6 Å². The number of aromatic nitrogens is 2. The van der Waals surface area contributed by atoms with Crippen molar-refractivity contribution in [3.63, 3.8) is 0 Å². The fraction of sp³-hybridized carbons (Fsp3) is 0.438. The Morgan fingerprint density at radius 2 is 1.65 bits per heavy atom. The minimum absolute atomic E-state index is 0.0231. The maximum absolute atomic E-state index is 6.22. The number of rotatable bonds is 2. The van der Waals surface area contributed by atoms with Gasteiger partial charge in [0.2, 0.25) is 0 Å². The van der Waals surface area contributed by atoms with Gasteiger partial charge in [0.25, 0.3) is 0 Å². The first-order valence-corrected chi connectivity index (χ1v) is 6.82. The molecule has 108 valence electrons. The molecule has 0 atom stereocenters. The van der Waals surface area contributed by atoms with Gasteiger partial charge in [0, 0.05) is 37.8 Å². The highest BCUT2D eigenvalue weighted by Crippen LogP contribution is 2.31. The molecule has 0 bridgehead atoms. The van der Waals surface area contributed by atoms with Crippen LogP contribution in [0.1, 0.15) is 26.6 Å². The van der Waals surface area contributed by atoms with Crippen molar-refractivity contribution in [1.82, 2.24) is 9.55 Å². The summed E-state index contributed by atoms with van der Waals surface area (Å²) in [5.41, 5.74) is 9.28. The largest absolute Gasteiger partial charge is 0.383 e. The van der Waals surface area contributed by atoms with Crippen molar-refractivity contribution in [2.75, 3.05) is 24.7 Å². The standard InChI is InChI=1S/C16H24N4/c1-16(2,3)15-18-13(14(17)20(15)6)11-7-9-12(10-8-11)19(4)5/h7-10H,17H2,1-6H3. The van der Waals surface area contributed by atoms with Crippen LogP contribution in [-0.2, 0) is 12.5 Å². The number of nitrogens with two attached hydrogens (primary N) is 1. The number of imidazole rings is 1. The lowest BCUT2D eigenvalue weighted by atomic mass is 9.96. The van der Waals surface area contributed by atoms with Gasteiger partial charge < -0.3 is 15.2 Å². The van der Waals surface area contributed by atoms with Crippen molar-refractivity contribution >= 4 is 11.5 Å². The fourth-order valence-corrected chi connectivity index (χ4v) is 2.31. The third kappa shape index (κ3) is 2.50. The van der Waals surface area contributed by atoms with Crippen LogP contribution in [-0.4, -0.2) is 23.6 Å². The van der Waals surface area contributed by atoms with Gasteiger partial charge >= 0.3 is 0 Å². The number of benzene rings is 1. The Morgan fingerprint density at radius 1 is 1.10 bits per heavy atom. The van der Waals surface area contributed by atoms with Crippen molar-refractivity contribution in [2.45, 2.75) is 26.2 Å². The van der Waals surface area contributed by atoms with E-state index in [1.165, 1.54) is 5.69 Å². The van der Waals surface area contributed by atoms with Crippen LogP contribution in [0.25, 0.3) is 11.3 Å². The Hall–Kier alpha value is -1.97. The van der Waals surface area contributed by atoms with Crippen LogP contribution in [0.2, 0.25) is 0 Å². The second kappa shape index (κ2) is 4.85. The molecule has 1 heterocycles. The molecular formula is C16H24N4. The lowest BCUT2D eigenvalue weighted by Gasteiger charge is -2.17. The number of anilines is 2. The van der Waals surface area contributed by atoms with E-state index in [1.807, 2.05) is 25.7 Å². The van der Waals surface area contributed by atoms with E-state index >= 15 is 0 Å². The Balaban J connectivity index is 2.48. The van der Waals surface area contributed by atoms with E-state index in [1.54, 1.807) is 0 Å². The van der Waals surface area contributed by atoms with Gasteiger partial charge in [-0.05, 0) is 12.1 Å². The molecule has 2 rings (SSSR count). The van der Waals surface area contributed by atoms with E-state index in [9.17, 15) is 0 Å². The van der Waals surface area contributed by atoms with Crippen LogP contribution in [0.5, 0.6) is 0 Å². The second-order valence-electron chi connectivity index (χ2n) is 6.42. The van der Waals surface area contributed by atoms with E-state index < -0.39 is 0 Å². The highest BCUT2D eigenvalue weighted by atomic mass is 15.1. The minimum Gasteiger partial charge on any atom is -0.383 e. The third-order valence-corrected chi connectivity index (χ3v) is 3.47. The summed E-state index contributed by atoms with van der Waals surface area (Å²) in [6, 6.07) is 8.31. The molecule has 4 nitrogen and oxygen atoms in total. The normalized spacial score (nSPS) is 11.7. The number of nitrogen functional groups attached to an aromatic ring is 1. The zero-order valence-electron chi connectivity index (χ0n) is 13.2. The molecule has 1 aromatic heterocycles. The van der Waals surface area contributed by atoms with Crippen LogP contribution >= 0.6 is 0 Å². The summed E-state index contributed by atoms with van der Waals surface area (Å²) in [6.07, 6.45) is 0. The summed E-state index contributed by atoms with van der Waals surface area (Å²) in [7, 11) is 6.03. The predicted octanol–water partition coefficient (Wildman–Crippen LogP) is 3.03. The van der Waals surface area contributed by atoms with Crippen LogP contribution in [0.15, 0.2) is 24.3 Å². The molecule has 0 radical (unpaired) electrons. The predicted molar refractivity (Wildman–Crippen MR) is 86.1 cm³/mol. The highest BCUT2D eigenvalue weighted by molar-refractivity contribution is 5.72. The van der Waals surface area contributed by atoms with Crippen molar-refractivity contribution in [3.05, 3.63) is 30.1 Å². The monoisotopic (exact) mass is 272 g/mol. The molecule has 0 aliphatic rings. The molecule has 20 heavy (non-hydrogen) atoms. The molecular weight excluding hydrogens is 248 g/mol. The first-order chi connectivity index (χ1) is 9.21. The quantitative estimate of drug-likeness (QED) is 0.914. The molecule has 0 saturated carbocycles. The Labute approximate surface area is 121 Å². The zero-order chi connectivity index (χ0) is 15.1. The Bertz CT molecular complexity index is 601. The Kier molecular flexibility index (Phi) is 3.50. The molecule has 0 spiro atoms. The number of hydrogen-bond donors (Lipinski definition) is 1. The van der Waals surface area contributed by atoms with E-state index in [2.05, 4.69) is 49.9 Å². The molecule has 1 aromatic carbocycles. The summed E-state index contributed by atoms with van der Waals surface area (Å²) in [5, 5.41) is 0. The number of hydrogen-bond acceptors (Lipinski definition) is 3. The lowest BCUT2D eigenvalue weighted by Crippen LogP contribution is -2.17. The maximum Gasteiger partial charge on any atom is 0.131 e. The number of nitrogens with zero attached hydrogens (tertiary/aromatic N) is 3. The minimum atomic E-state index is -0.0231. The first-order valence-electron chi connectivity index (χ1n) is 6.82. The summed E-state index contributed by atoms with van der Waals surface area (Å²) < 4.78 is 1.98. The van der Waals surface area contributed by atoms with Gasteiger partial charge in [-0.15, -0.1) is 0 Å². The van der Waals surface area contributed by atoms with Gasteiger partial charge in [-0.2, -0.15) is 0 Å². The topological polar surface area (TPSA) is 47.1 Å². The van der Waals surface area contributed by atoms with E-state index in [0.717, 1.165) is 17.1 Å². The van der Waals surface area contributed by atoms with E-state index in [-0.39, 0.29) is 5.41 Å². The average molecular weight is 272 g/mol. The van der Waals surface area contributed by atoms with Crippen molar-refractivity contribution in [2.24, 2.45) is 7.05 Å². The van der Waals surface area contributed by atoms with Gasteiger partial charge in [0.05, 0.1) is 0 Å². The van der Waals surface area contributed by atoms with Gasteiger partial charge in [-0.3, -0.25) is 0 Å². The van der Waals surface area contributed by atoms with Crippen LogP contribution in [0.4, 0.5) is 11.5 Å². The van der Waals surface area contributed by atoms with E-state index in [4.69, 9.17) is 10.7 Å². The Morgan fingerprint density at radius 3 is 2.05 bits per heavy atom. The SMILES string of the molecule is CN(C)c1ccc(-c2nc(C(C)(C)C)n(C)c2N)cc1. The zero-order valence-corrected chi connectivity index (χ0v) is 13.2. The molecule has 0 aliphatic carbocycles. The summed E-state index contributed by atoms with van der Waals surface area (Å²) in [4.78, 5) is 6.83. The van der Waals surface area contributed by atoms with Crippen molar-refractivity contribution in [3.8, 4) is 11.3 Å². The fourth-order valence-electron chi connectivity index (χ4n) is 2.31. The van der Waals surface area contributed by atoms with Gasteiger partial charge in [0.15, 0.2) is 0 Å². The summed E-state index contributed by atoms with van der Waals surface area (Å²) in [6.45, 7) is 6.44. The molecule has 2 aromatic rings. The lowest BCUT2D eigenvalue weighted by molar-refractivity contribution is 0.524. The van der Waals surface area contributed by atoms with E-state index in [0.29, 0.717) is 5.82 Å². The van der Waals surface area contributed by atoms with Crippen molar-refractivity contribution in [1.29, 1.82) is 0 Å². The molecule has 4 heteroatoms. The maximum atomic E-state index is 6.22. The average Bonchev–Trinajstić information content (AvgIpc) is 2.66. The third-order valence-electron chi connectivity index (χ3n) is 3.47. The molecule has 2 N–H and O–H groups in total. The molecule has 0 amide bonds. The van der Waals surface area contributed by atoms with Crippen LogP contribution in [0, 0.1) is 0 Å².